The van der Waals surface area contributed by atoms with Gasteiger partial charge in [0.1, 0.15) is 12.6 Å². The average Bonchev–Trinajstić information content (AvgIpc) is 3.18. The smallest absolute Gasteiger partial charge is 0.442 e. The van der Waals surface area contributed by atoms with E-state index in [0.717, 1.165) is 16.8 Å². The molecule has 0 unspecified atom stereocenters. The van der Waals surface area contributed by atoms with Crippen LogP contribution >= 0.6 is 0 Å². The van der Waals surface area contributed by atoms with Gasteiger partial charge in [0, 0.05) is 12.3 Å². The quantitative estimate of drug-likeness (QED) is 0.526. The summed E-state index contributed by atoms with van der Waals surface area (Å²) in [5.41, 5.74) is 3.82. The average molecular weight is 417 g/mol. The highest BCUT2D eigenvalue weighted by Gasteiger charge is 2.64. The molecule has 0 saturated carbocycles. The van der Waals surface area contributed by atoms with Gasteiger partial charge in [0.15, 0.2) is 19.1 Å². The van der Waals surface area contributed by atoms with Crippen molar-refractivity contribution in [3.05, 3.63) is 33.1 Å². The van der Waals surface area contributed by atoms with E-state index in [1.54, 1.807) is 13.8 Å². The number of aliphatic hydroxyl groups excluding tert-OH is 1. The molecule has 3 N–H and O–H groups in total. The summed E-state index contributed by atoms with van der Waals surface area (Å²) in [4.78, 5) is 48.0. The summed E-state index contributed by atoms with van der Waals surface area (Å²) in [6, 6.07) is -0.00699. The summed E-state index contributed by atoms with van der Waals surface area (Å²) in [7, 11) is 0. The molecule has 2 saturated heterocycles. The molecule has 12 nitrogen and oxygen atoms in total. The molecule has 0 radical (unpaired) electrons. The molecule has 5 atom stereocenters. The van der Waals surface area contributed by atoms with E-state index >= 15 is 0 Å². The highest BCUT2D eigenvalue weighted by atomic mass is 19.2. The predicted molar refractivity (Wildman–Crippen MR) is 90.1 cm³/mol. The van der Waals surface area contributed by atoms with Crippen molar-refractivity contribution in [2.24, 2.45) is 11.7 Å². The van der Waals surface area contributed by atoms with Gasteiger partial charge in [-0.05, 0) is 5.92 Å². The number of alkyl halides is 1. The maximum absolute atomic E-state index is 14.7. The zero-order chi connectivity index (χ0) is 21.5. The van der Waals surface area contributed by atoms with Gasteiger partial charge in [-0.15, -0.1) is 0 Å². The fraction of sp³-hybridized carbons (Fsp3) is 0.625. The van der Waals surface area contributed by atoms with Gasteiger partial charge >= 0.3 is 17.8 Å². The van der Waals surface area contributed by atoms with E-state index in [1.165, 1.54) is 0 Å². The zero-order valence-corrected chi connectivity index (χ0v) is 15.5. The summed E-state index contributed by atoms with van der Waals surface area (Å²) in [5.74, 6) is -3.86. The molecule has 13 heteroatoms. The molecule has 0 aromatic carbocycles. The lowest BCUT2D eigenvalue weighted by Crippen LogP contribution is -2.44. The molecule has 0 spiro atoms. The molecule has 2 fully saturated rings. The summed E-state index contributed by atoms with van der Waals surface area (Å²) < 4.78 is 35.6. The second-order valence-electron chi connectivity index (χ2n) is 6.96. The molecule has 160 valence electrons. The number of aromatic nitrogens is 2. The van der Waals surface area contributed by atoms with E-state index in [0.29, 0.717) is 4.57 Å². The van der Waals surface area contributed by atoms with Crippen LogP contribution in [0.4, 0.5) is 9.18 Å². The first-order chi connectivity index (χ1) is 13.6. The van der Waals surface area contributed by atoms with E-state index in [1.807, 2.05) is 0 Å². The Bertz CT molecular complexity index is 929. The van der Waals surface area contributed by atoms with Crippen LogP contribution in [-0.2, 0) is 30.5 Å². The Morgan fingerprint density at radius 1 is 1.38 bits per heavy atom. The lowest BCUT2D eigenvalue weighted by atomic mass is 10.1. The number of carbonyl (C=O) groups is 2. The third-order valence-corrected chi connectivity index (χ3v) is 4.69. The lowest BCUT2D eigenvalue weighted by molar-refractivity contribution is -0.211. The minimum absolute atomic E-state index is 0.233. The minimum Gasteiger partial charge on any atom is -0.442 e. The van der Waals surface area contributed by atoms with Crippen LogP contribution in [-0.4, -0.2) is 57.1 Å². The molecule has 0 aliphatic carbocycles. The van der Waals surface area contributed by atoms with Crippen molar-refractivity contribution < 1.29 is 38.0 Å². The Hall–Kier alpha value is -2.77. The molecule has 1 aromatic rings. The van der Waals surface area contributed by atoms with E-state index in [2.05, 4.69) is 4.74 Å². The molecule has 0 bridgehead atoms. The van der Waals surface area contributed by atoms with Crippen LogP contribution in [0.15, 0.2) is 21.9 Å². The van der Waals surface area contributed by atoms with Crippen LogP contribution in [0.5, 0.6) is 0 Å². The van der Waals surface area contributed by atoms with Crippen LogP contribution in [0.25, 0.3) is 0 Å². The van der Waals surface area contributed by atoms with Crippen molar-refractivity contribution in [2.45, 2.75) is 50.9 Å². The first-order valence-electron chi connectivity index (χ1n) is 8.68. The Morgan fingerprint density at radius 2 is 2.07 bits per heavy atom. The summed E-state index contributed by atoms with van der Waals surface area (Å²) in [6.07, 6.45) is -4.72. The first-order valence-corrected chi connectivity index (χ1v) is 8.68. The van der Waals surface area contributed by atoms with E-state index < -0.39 is 67.0 Å². The number of hydrogen-bond acceptors (Lipinski definition) is 10. The normalized spacial score (nSPS) is 29.3. The lowest BCUT2D eigenvalue weighted by Gasteiger charge is -2.22. The van der Waals surface area contributed by atoms with Crippen LogP contribution in [0.1, 0.15) is 20.1 Å². The Morgan fingerprint density at radius 3 is 2.69 bits per heavy atom. The number of rotatable bonds is 6. The number of fused-ring (bicyclic) bond motifs is 1. The summed E-state index contributed by atoms with van der Waals surface area (Å²) in [6.45, 7) is 1.48. The van der Waals surface area contributed by atoms with Gasteiger partial charge in [-0.25, -0.2) is 18.5 Å². The van der Waals surface area contributed by atoms with Crippen molar-refractivity contribution in [2.75, 3.05) is 6.61 Å². The third kappa shape index (κ3) is 3.63. The van der Waals surface area contributed by atoms with Gasteiger partial charge in [-0.2, -0.15) is 0 Å². The molecular formula is C16H20FN3O9. The molecule has 29 heavy (non-hydrogen) atoms. The second kappa shape index (κ2) is 7.57. The number of halogens is 1. The number of ether oxygens (including phenoxy) is 4. The standard InChI is InChI=1S/C16H20FN3O9/c1-7(2)9(18)13(23)26-6-20-8(22)3-4-19(14(20)24)12-10-11(28-15(25)27-10)16(17,5-21)29-12/h3-4,7,9-12,21H,5-6,18H2,1-2H3/t9-,10+,11-,12+,16+/m0/s1. The number of nitrogens with two attached hydrogens (primary N) is 1. The van der Waals surface area contributed by atoms with Gasteiger partial charge in [-0.1, -0.05) is 13.8 Å². The van der Waals surface area contributed by atoms with Crippen LogP contribution < -0.4 is 17.0 Å². The van der Waals surface area contributed by atoms with E-state index in [-0.39, 0.29) is 5.92 Å². The molecule has 2 aliphatic heterocycles. The first kappa shape index (κ1) is 21.0. The number of nitrogens with zero attached hydrogens (tertiary/aromatic N) is 2. The number of esters is 1. The predicted octanol–water partition coefficient (Wildman–Crippen LogP) is -1.42. The van der Waals surface area contributed by atoms with Crippen molar-refractivity contribution in [3.63, 3.8) is 0 Å². The monoisotopic (exact) mass is 417 g/mol. The SMILES string of the molecule is CC(C)[C@H](N)C(=O)OCn1c(=O)ccn([C@@H]2O[C@](F)(CO)[C@H]3OC(=O)O[C@@H]23)c1=O. The van der Waals surface area contributed by atoms with Gasteiger partial charge < -0.3 is 29.8 Å². The maximum atomic E-state index is 14.7. The topological polar surface area (TPSA) is 161 Å². The van der Waals surface area contributed by atoms with Gasteiger partial charge in [0.25, 0.3) is 11.4 Å². The van der Waals surface area contributed by atoms with Gasteiger partial charge in [0.2, 0.25) is 6.10 Å². The maximum Gasteiger partial charge on any atom is 0.509 e. The Kier molecular flexibility index (Phi) is 5.47. The number of aliphatic hydroxyl groups is 1. The molecule has 0 amide bonds. The van der Waals surface area contributed by atoms with Crippen molar-refractivity contribution in [1.29, 1.82) is 0 Å². The van der Waals surface area contributed by atoms with Crippen molar-refractivity contribution in [1.82, 2.24) is 9.13 Å². The minimum atomic E-state index is -2.81. The summed E-state index contributed by atoms with van der Waals surface area (Å²) >= 11 is 0. The van der Waals surface area contributed by atoms with Gasteiger partial charge in [-0.3, -0.25) is 14.2 Å². The fourth-order valence-corrected chi connectivity index (χ4v) is 2.93. The van der Waals surface area contributed by atoms with Crippen LogP contribution in [0.2, 0.25) is 0 Å². The molecular weight excluding hydrogens is 397 g/mol. The second-order valence-corrected chi connectivity index (χ2v) is 6.96. The van der Waals surface area contributed by atoms with Crippen LogP contribution in [0, 0.1) is 5.92 Å². The van der Waals surface area contributed by atoms with E-state index in [4.69, 9.17) is 19.9 Å². The molecule has 2 aliphatic rings. The Labute approximate surface area is 162 Å². The highest BCUT2D eigenvalue weighted by molar-refractivity contribution is 5.75. The Balaban J connectivity index is 1.89. The van der Waals surface area contributed by atoms with E-state index in [9.17, 15) is 28.7 Å². The van der Waals surface area contributed by atoms with Crippen molar-refractivity contribution in [3.8, 4) is 0 Å². The number of carbonyl (C=O) groups excluding carboxylic acids is 2. The highest BCUT2D eigenvalue weighted by Crippen LogP contribution is 2.44. The van der Waals surface area contributed by atoms with Crippen LogP contribution in [0.3, 0.4) is 0 Å². The van der Waals surface area contributed by atoms with Crippen molar-refractivity contribution >= 4 is 12.1 Å². The number of hydrogen-bond donors (Lipinski definition) is 2. The van der Waals surface area contributed by atoms with Gasteiger partial charge in [0.05, 0.1) is 0 Å². The fourth-order valence-electron chi connectivity index (χ4n) is 2.93. The third-order valence-electron chi connectivity index (χ3n) is 4.69. The molecule has 3 rings (SSSR count). The largest absolute Gasteiger partial charge is 0.509 e. The zero-order valence-electron chi connectivity index (χ0n) is 15.5. The summed E-state index contributed by atoms with van der Waals surface area (Å²) in [5, 5.41) is 9.27. The molecule has 1 aromatic heterocycles. The molecule has 3 heterocycles.